The lowest BCUT2D eigenvalue weighted by molar-refractivity contribution is -0.153. The van der Waals surface area contributed by atoms with Gasteiger partial charge in [-0.25, -0.2) is 0 Å². The molecule has 1 saturated carbocycles. The van der Waals surface area contributed by atoms with Crippen LogP contribution in [0.2, 0.25) is 0 Å². The molecule has 2 aliphatic rings. The third-order valence-electron chi connectivity index (χ3n) is 6.05. The summed E-state index contributed by atoms with van der Waals surface area (Å²) in [5.74, 6) is -1.80. The molecular formula is C23H24O4. The average molecular weight is 364 g/mol. The predicted octanol–water partition coefficient (Wildman–Crippen LogP) is 4.62. The van der Waals surface area contributed by atoms with Gasteiger partial charge in [0.25, 0.3) is 0 Å². The Morgan fingerprint density at radius 1 is 0.963 bits per heavy atom. The first-order valence-electron chi connectivity index (χ1n) is 9.72. The maximum absolute atomic E-state index is 12.4. The van der Waals surface area contributed by atoms with E-state index in [0.717, 1.165) is 36.8 Å². The predicted molar refractivity (Wildman–Crippen MR) is 102 cm³/mol. The largest absolute Gasteiger partial charge is 0.481 e. The van der Waals surface area contributed by atoms with Gasteiger partial charge >= 0.3 is 11.9 Å². The molecule has 0 aromatic heterocycles. The summed E-state index contributed by atoms with van der Waals surface area (Å²) in [6, 6.07) is 16.4. The molecule has 4 rings (SSSR count). The Hall–Kier alpha value is -2.62. The van der Waals surface area contributed by atoms with Gasteiger partial charge in [0.05, 0.1) is 12.3 Å². The highest BCUT2D eigenvalue weighted by atomic mass is 16.5. The Labute approximate surface area is 159 Å². The molecule has 1 fully saturated rings. The van der Waals surface area contributed by atoms with Gasteiger partial charge in [-0.2, -0.15) is 0 Å². The van der Waals surface area contributed by atoms with Crippen molar-refractivity contribution in [2.75, 3.05) is 6.61 Å². The molecule has 0 aliphatic heterocycles. The Morgan fingerprint density at radius 2 is 1.52 bits per heavy atom. The van der Waals surface area contributed by atoms with Crippen molar-refractivity contribution >= 4 is 11.9 Å². The van der Waals surface area contributed by atoms with Gasteiger partial charge in [0, 0.05) is 5.92 Å². The van der Waals surface area contributed by atoms with Gasteiger partial charge in [-0.15, -0.1) is 0 Å². The Bertz CT molecular complexity index is 805. The molecule has 2 aliphatic carbocycles. The van der Waals surface area contributed by atoms with Crippen molar-refractivity contribution in [3.05, 3.63) is 59.7 Å². The first-order valence-corrected chi connectivity index (χ1v) is 9.72. The number of carboxylic acid groups (broad SMARTS) is 1. The number of benzene rings is 2. The first kappa shape index (κ1) is 17.8. The summed E-state index contributed by atoms with van der Waals surface area (Å²) in [7, 11) is 0. The summed E-state index contributed by atoms with van der Waals surface area (Å²) < 4.78 is 5.58. The van der Waals surface area contributed by atoms with E-state index < -0.39 is 17.9 Å². The van der Waals surface area contributed by atoms with Gasteiger partial charge in [-0.05, 0) is 41.0 Å². The number of carboxylic acids is 1. The Morgan fingerprint density at radius 3 is 2.07 bits per heavy atom. The molecule has 27 heavy (non-hydrogen) atoms. The molecule has 0 bridgehead atoms. The van der Waals surface area contributed by atoms with Crippen LogP contribution in [0.25, 0.3) is 11.1 Å². The van der Waals surface area contributed by atoms with Crippen molar-refractivity contribution in [2.45, 2.75) is 38.0 Å². The molecule has 0 amide bonds. The van der Waals surface area contributed by atoms with Crippen molar-refractivity contribution in [1.29, 1.82) is 0 Å². The lowest BCUT2D eigenvalue weighted by Crippen LogP contribution is -2.26. The fraction of sp³-hybridized carbons (Fsp3) is 0.391. The number of carbonyl (C=O) groups is 2. The fourth-order valence-corrected chi connectivity index (χ4v) is 4.67. The number of hydrogen-bond acceptors (Lipinski definition) is 3. The van der Waals surface area contributed by atoms with E-state index in [0.29, 0.717) is 0 Å². The lowest BCUT2D eigenvalue weighted by Gasteiger charge is -2.19. The van der Waals surface area contributed by atoms with E-state index >= 15 is 0 Å². The van der Waals surface area contributed by atoms with E-state index in [-0.39, 0.29) is 24.9 Å². The second-order valence-corrected chi connectivity index (χ2v) is 7.60. The summed E-state index contributed by atoms with van der Waals surface area (Å²) in [6.45, 7) is 0.254. The van der Waals surface area contributed by atoms with Crippen LogP contribution in [-0.2, 0) is 14.3 Å². The summed E-state index contributed by atoms with van der Waals surface area (Å²) >= 11 is 0. The van der Waals surface area contributed by atoms with E-state index in [9.17, 15) is 14.7 Å². The summed E-state index contributed by atoms with van der Waals surface area (Å²) in [4.78, 5) is 24.0. The molecule has 1 atom stereocenters. The van der Waals surface area contributed by atoms with E-state index in [1.807, 2.05) is 24.3 Å². The molecule has 2 aromatic carbocycles. The van der Waals surface area contributed by atoms with Crippen LogP contribution in [0.15, 0.2) is 48.5 Å². The van der Waals surface area contributed by atoms with Gasteiger partial charge in [0.2, 0.25) is 0 Å². The zero-order valence-electron chi connectivity index (χ0n) is 15.3. The highest BCUT2D eigenvalue weighted by Gasteiger charge is 2.34. The fourth-order valence-electron chi connectivity index (χ4n) is 4.67. The Balaban J connectivity index is 1.45. The van der Waals surface area contributed by atoms with E-state index in [2.05, 4.69) is 24.3 Å². The smallest absolute Gasteiger partial charge is 0.307 e. The summed E-state index contributed by atoms with van der Waals surface area (Å²) in [5, 5.41) is 9.51. The minimum atomic E-state index is -0.879. The molecule has 4 nitrogen and oxygen atoms in total. The number of rotatable bonds is 6. The van der Waals surface area contributed by atoms with Crippen molar-refractivity contribution in [2.24, 2.45) is 11.8 Å². The highest BCUT2D eigenvalue weighted by Crippen LogP contribution is 2.44. The lowest BCUT2D eigenvalue weighted by atomic mass is 9.88. The maximum Gasteiger partial charge on any atom is 0.307 e. The van der Waals surface area contributed by atoms with E-state index in [1.165, 1.54) is 11.1 Å². The number of esters is 1. The molecular weight excluding hydrogens is 340 g/mol. The van der Waals surface area contributed by atoms with Gasteiger partial charge in [0.15, 0.2) is 0 Å². The van der Waals surface area contributed by atoms with Crippen molar-refractivity contribution in [1.82, 2.24) is 0 Å². The van der Waals surface area contributed by atoms with Gasteiger partial charge in [-0.3, -0.25) is 9.59 Å². The van der Waals surface area contributed by atoms with Crippen LogP contribution in [-0.4, -0.2) is 23.7 Å². The topological polar surface area (TPSA) is 63.6 Å². The molecule has 0 saturated heterocycles. The SMILES string of the molecule is O=C(C[C@H](C(=O)O)C1CCCC1)OCC1c2ccccc2-c2ccccc21. The zero-order valence-corrected chi connectivity index (χ0v) is 15.3. The van der Waals surface area contributed by atoms with Gasteiger partial charge < -0.3 is 9.84 Å². The first-order chi connectivity index (χ1) is 13.1. The third kappa shape index (κ3) is 3.48. The standard InChI is InChI=1S/C23H24O4/c24-22(13-20(23(25)26)15-7-1-2-8-15)27-14-21-18-11-5-3-9-16(18)17-10-4-6-12-19(17)21/h3-6,9-12,15,20-21H,1-2,7-8,13-14H2,(H,25,26)/t20-/m0/s1. The third-order valence-corrected chi connectivity index (χ3v) is 6.05. The van der Waals surface area contributed by atoms with Crippen molar-refractivity contribution in [3.8, 4) is 11.1 Å². The molecule has 140 valence electrons. The van der Waals surface area contributed by atoms with E-state index in [1.54, 1.807) is 0 Å². The van der Waals surface area contributed by atoms with Gasteiger partial charge in [-0.1, -0.05) is 61.4 Å². The Kier molecular flexibility index (Phi) is 4.97. The number of fused-ring (bicyclic) bond motifs is 3. The minimum Gasteiger partial charge on any atom is -0.481 e. The monoisotopic (exact) mass is 364 g/mol. The molecule has 4 heteroatoms. The minimum absolute atomic E-state index is 0.0103. The van der Waals surface area contributed by atoms with Crippen LogP contribution >= 0.6 is 0 Å². The second-order valence-electron chi connectivity index (χ2n) is 7.60. The average Bonchev–Trinajstić information content (AvgIpc) is 3.31. The molecule has 0 spiro atoms. The number of hydrogen-bond donors (Lipinski definition) is 1. The van der Waals surface area contributed by atoms with Crippen molar-refractivity contribution < 1.29 is 19.4 Å². The number of carbonyl (C=O) groups excluding carboxylic acids is 1. The quantitative estimate of drug-likeness (QED) is 0.760. The number of aliphatic carboxylic acids is 1. The van der Waals surface area contributed by atoms with Gasteiger partial charge in [0.1, 0.15) is 6.61 Å². The molecule has 0 radical (unpaired) electrons. The maximum atomic E-state index is 12.4. The van der Waals surface area contributed by atoms with Crippen LogP contribution in [0.3, 0.4) is 0 Å². The second kappa shape index (κ2) is 7.55. The summed E-state index contributed by atoms with van der Waals surface area (Å²) in [6.07, 6.45) is 3.87. The van der Waals surface area contributed by atoms with Crippen LogP contribution in [0.4, 0.5) is 0 Å². The molecule has 1 N–H and O–H groups in total. The van der Waals surface area contributed by atoms with E-state index in [4.69, 9.17) is 4.74 Å². The summed E-state index contributed by atoms with van der Waals surface area (Å²) in [5.41, 5.74) is 4.70. The van der Waals surface area contributed by atoms with Crippen LogP contribution in [0.1, 0.15) is 49.1 Å². The van der Waals surface area contributed by atoms with Crippen LogP contribution < -0.4 is 0 Å². The highest BCUT2D eigenvalue weighted by molar-refractivity contribution is 5.80. The van der Waals surface area contributed by atoms with Crippen molar-refractivity contribution in [3.63, 3.8) is 0 Å². The zero-order chi connectivity index (χ0) is 18.8. The molecule has 2 aromatic rings. The van der Waals surface area contributed by atoms with Crippen LogP contribution in [0.5, 0.6) is 0 Å². The molecule has 0 unspecified atom stereocenters. The normalized spacial score (nSPS) is 17.3. The molecule has 0 heterocycles. The number of ether oxygens (including phenoxy) is 1. The van der Waals surface area contributed by atoms with Crippen LogP contribution in [0, 0.1) is 11.8 Å².